The van der Waals surface area contributed by atoms with Crippen LogP contribution in [0.4, 0.5) is 15.9 Å². The summed E-state index contributed by atoms with van der Waals surface area (Å²) in [5, 5.41) is 10.8. The monoisotopic (exact) mass is 451 g/mol. The van der Waals surface area contributed by atoms with Crippen molar-refractivity contribution in [2.24, 2.45) is 0 Å². The van der Waals surface area contributed by atoms with Gasteiger partial charge in [0, 0.05) is 49.4 Å². The summed E-state index contributed by atoms with van der Waals surface area (Å²) in [6, 6.07) is 11.5. The van der Waals surface area contributed by atoms with Gasteiger partial charge in [-0.25, -0.2) is 14.4 Å². The number of benzene rings is 2. The van der Waals surface area contributed by atoms with E-state index in [9.17, 15) is 19.3 Å². The number of piperazine rings is 1. The highest BCUT2D eigenvalue weighted by Crippen LogP contribution is 2.27. The summed E-state index contributed by atoms with van der Waals surface area (Å²) in [6.45, 7) is 5.26. The van der Waals surface area contributed by atoms with Crippen LogP contribution in [-0.4, -0.2) is 51.4 Å². The molecule has 10 heteroatoms. The van der Waals surface area contributed by atoms with Crippen molar-refractivity contribution in [2.75, 3.05) is 24.5 Å². The third-order valence-corrected chi connectivity index (χ3v) is 5.52. The molecule has 0 aliphatic carbocycles. The van der Waals surface area contributed by atoms with E-state index >= 15 is 0 Å². The molecule has 1 fully saturated rings. The van der Waals surface area contributed by atoms with E-state index < -0.39 is 4.92 Å². The minimum Gasteiger partial charge on any atom is -0.439 e. The number of anilines is 1. The molecule has 1 atom stereocenters. The van der Waals surface area contributed by atoms with Gasteiger partial charge in [0.1, 0.15) is 23.7 Å². The van der Waals surface area contributed by atoms with Crippen LogP contribution in [0, 0.1) is 22.9 Å². The van der Waals surface area contributed by atoms with Crippen LogP contribution in [0.25, 0.3) is 0 Å². The Bertz CT molecular complexity index is 1190. The molecule has 33 heavy (non-hydrogen) atoms. The van der Waals surface area contributed by atoms with Crippen molar-refractivity contribution in [1.82, 2.24) is 14.9 Å². The Morgan fingerprint density at radius 2 is 1.91 bits per heavy atom. The molecule has 1 saturated heterocycles. The zero-order chi connectivity index (χ0) is 23.5. The minimum absolute atomic E-state index is 0.0537. The molecular weight excluding hydrogens is 429 g/mol. The highest BCUT2D eigenvalue weighted by Gasteiger charge is 2.29. The SMILES string of the molecule is Cc1cc(F)ccc1Oc1cc(N2CCN(C(=O)c3ccc([N+](=O)[O-])cc3)[C@H](C)C2)ncn1. The lowest BCUT2D eigenvalue weighted by atomic mass is 10.1. The van der Waals surface area contributed by atoms with Crippen LogP contribution in [0.1, 0.15) is 22.8 Å². The van der Waals surface area contributed by atoms with Gasteiger partial charge in [0.05, 0.1) is 4.92 Å². The number of halogens is 1. The van der Waals surface area contributed by atoms with Crippen molar-refractivity contribution < 1.29 is 18.8 Å². The number of non-ortho nitro benzene ring substituents is 1. The highest BCUT2D eigenvalue weighted by atomic mass is 19.1. The molecule has 2 heterocycles. The van der Waals surface area contributed by atoms with E-state index in [1.807, 2.05) is 11.8 Å². The predicted molar refractivity (Wildman–Crippen MR) is 119 cm³/mol. The van der Waals surface area contributed by atoms with Gasteiger partial charge in [0.15, 0.2) is 0 Å². The number of hydrogen-bond acceptors (Lipinski definition) is 7. The van der Waals surface area contributed by atoms with E-state index in [4.69, 9.17) is 4.74 Å². The van der Waals surface area contributed by atoms with E-state index in [0.717, 1.165) is 0 Å². The maximum Gasteiger partial charge on any atom is 0.269 e. The largest absolute Gasteiger partial charge is 0.439 e. The number of ether oxygens (including phenoxy) is 1. The van der Waals surface area contributed by atoms with Crippen LogP contribution in [0.3, 0.4) is 0 Å². The summed E-state index contributed by atoms with van der Waals surface area (Å²) in [5.41, 5.74) is 1.01. The number of aryl methyl sites for hydroxylation is 1. The second-order valence-corrected chi connectivity index (χ2v) is 7.82. The molecule has 0 N–H and O–H groups in total. The Kier molecular flexibility index (Phi) is 6.16. The number of carbonyl (C=O) groups excluding carboxylic acids is 1. The van der Waals surface area contributed by atoms with Gasteiger partial charge < -0.3 is 14.5 Å². The average Bonchev–Trinajstić information content (AvgIpc) is 2.80. The van der Waals surface area contributed by atoms with Gasteiger partial charge in [-0.2, -0.15) is 0 Å². The quantitative estimate of drug-likeness (QED) is 0.427. The van der Waals surface area contributed by atoms with Gasteiger partial charge in [-0.15, -0.1) is 0 Å². The molecule has 1 aliphatic rings. The number of nitrogens with zero attached hydrogens (tertiary/aromatic N) is 5. The molecule has 2 aromatic carbocycles. The Hall–Kier alpha value is -4.08. The summed E-state index contributed by atoms with van der Waals surface area (Å²) in [4.78, 5) is 35.5. The van der Waals surface area contributed by atoms with E-state index in [2.05, 4.69) is 9.97 Å². The smallest absolute Gasteiger partial charge is 0.269 e. The lowest BCUT2D eigenvalue weighted by Gasteiger charge is -2.40. The van der Waals surface area contributed by atoms with Crippen molar-refractivity contribution in [3.05, 3.63) is 81.9 Å². The van der Waals surface area contributed by atoms with Gasteiger partial charge in [-0.1, -0.05) is 0 Å². The maximum absolute atomic E-state index is 13.3. The number of hydrogen-bond donors (Lipinski definition) is 0. The fourth-order valence-corrected chi connectivity index (χ4v) is 3.76. The summed E-state index contributed by atoms with van der Waals surface area (Å²) < 4.78 is 19.1. The summed E-state index contributed by atoms with van der Waals surface area (Å²) in [7, 11) is 0. The number of aromatic nitrogens is 2. The average molecular weight is 451 g/mol. The molecular formula is C23H22FN5O4. The topological polar surface area (TPSA) is 102 Å². The Morgan fingerprint density at radius 3 is 2.58 bits per heavy atom. The van der Waals surface area contributed by atoms with Crippen LogP contribution in [0.5, 0.6) is 11.6 Å². The molecule has 1 aromatic heterocycles. The van der Waals surface area contributed by atoms with Crippen LogP contribution in [0.15, 0.2) is 54.9 Å². The molecule has 1 aliphatic heterocycles. The normalized spacial score (nSPS) is 15.9. The molecule has 3 aromatic rings. The van der Waals surface area contributed by atoms with Crippen molar-refractivity contribution in [2.45, 2.75) is 19.9 Å². The lowest BCUT2D eigenvalue weighted by molar-refractivity contribution is -0.384. The molecule has 0 unspecified atom stereocenters. The first-order chi connectivity index (χ1) is 15.8. The zero-order valence-electron chi connectivity index (χ0n) is 18.1. The van der Waals surface area contributed by atoms with E-state index in [1.165, 1.54) is 42.7 Å². The fourth-order valence-electron chi connectivity index (χ4n) is 3.76. The Morgan fingerprint density at radius 1 is 1.15 bits per heavy atom. The fraction of sp³-hybridized carbons (Fsp3) is 0.261. The van der Waals surface area contributed by atoms with Crippen molar-refractivity contribution in [3.63, 3.8) is 0 Å². The summed E-state index contributed by atoms with van der Waals surface area (Å²) >= 11 is 0. The van der Waals surface area contributed by atoms with Gasteiger partial charge in [-0.3, -0.25) is 14.9 Å². The number of rotatable bonds is 5. The zero-order valence-corrected chi connectivity index (χ0v) is 18.1. The van der Waals surface area contributed by atoms with Crippen molar-refractivity contribution in [3.8, 4) is 11.6 Å². The first-order valence-electron chi connectivity index (χ1n) is 10.4. The third kappa shape index (κ3) is 4.89. The Labute approximate surface area is 189 Å². The van der Waals surface area contributed by atoms with Crippen LogP contribution < -0.4 is 9.64 Å². The van der Waals surface area contributed by atoms with E-state index in [1.54, 1.807) is 24.0 Å². The maximum atomic E-state index is 13.3. The van der Waals surface area contributed by atoms with Crippen LogP contribution >= 0.6 is 0 Å². The minimum atomic E-state index is -0.493. The summed E-state index contributed by atoms with van der Waals surface area (Å²) in [5.74, 6) is 1.00. The molecule has 0 saturated carbocycles. The van der Waals surface area contributed by atoms with Crippen LogP contribution in [0.2, 0.25) is 0 Å². The standard InChI is InChI=1S/C23H22FN5O4/c1-15-11-18(24)5-8-20(15)33-22-12-21(25-14-26-22)27-9-10-28(16(2)13-27)23(30)17-3-6-19(7-4-17)29(31)32/h3-8,11-12,14,16H,9-10,13H2,1-2H3/t16-/m1/s1. The third-order valence-electron chi connectivity index (χ3n) is 5.52. The van der Waals surface area contributed by atoms with Gasteiger partial charge in [0.2, 0.25) is 5.88 Å². The number of carbonyl (C=O) groups is 1. The van der Waals surface area contributed by atoms with E-state index in [-0.39, 0.29) is 23.5 Å². The number of nitro benzene ring substituents is 1. The van der Waals surface area contributed by atoms with Gasteiger partial charge >= 0.3 is 0 Å². The van der Waals surface area contributed by atoms with Gasteiger partial charge in [0.25, 0.3) is 11.6 Å². The molecule has 4 rings (SSSR count). The molecule has 1 amide bonds. The van der Waals surface area contributed by atoms with Crippen LogP contribution in [-0.2, 0) is 0 Å². The van der Waals surface area contributed by atoms with Crippen molar-refractivity contribution >= 4 is 17.4 Å². The Balaban J connectivity index is 1.43. The molecule has 0 bridgehead atoms. The number of amides is 1. The van der Waals surface area contributed by atoms with Crippen molar-refractivity contribution in [1.29, 1.82) is 0 Å². The molecule has 170 valence electrons. The van der Waals surface area contributed by atoms with Gasteiger partial charge in [-0.05, 0) is 49.7 Å². The highest BCUT2D eigenvalue weighted by molar-refractivity contribution is 5.94. The summed E-state index contributed by atoms with van der Waals surface area (Å²) in [6.07, 6.45) is 1.41. The van der Waals surface area contributed by atoms with E-state index in [0.29, 0.717) is 48.2 Å². The molecule has 0 spiro atoms. The first-order valence-corrected chi connectivity index (χ1v) is 10.4. The molecule has 9 nitrogen and oxygen atoms in total. The lowest BCUT2D eigenvalue weighted by Crippen LogP contribution is -2.54. The predicted octanol–water partition coefficient (Wildman–Crippen LogP) is 3.98. The second-order valence-electron chi connectivity index (χ2n) is 7.82. The molecule has 0 radical (unpaired) electrons. The first kappa shape index (κ1) is 22.1. The second kappa shape index (κ2) is 9.19. The number of nitro groups is 1.